The standard InChI is InChI=1S/C10H13N3OS/c1-3-14-7-4-5-8-9(6-7)15-10(12-11)13(8)2/h4-6H,3,11H2,1-2H3/b12-10+. The molecule has 0 bridgehead atoms. The highest BCUT2D eigenvalue weighted by molar-refractivity contribution is 7.16. The number of rotatable bonds is 2. The smallest absolute Gasteiger partial charge is 0.208 e. The van der Waals surface area contributed by atoms with Crippen LogP contribution in [0, 0.1) is 0 Å². The van der Waals surface area contributed by atoms with Gasteiger partial charge in [-0.15, -0.1) is 0 Å². The molecule has 0 spiro atoms. The summed E-state index contributed by atoms with van der Waals surface area (Å²) in [6.45, 7) is 2.65. The Hall–Kier alpha value is -1.49. The Morgan fingerprint density at radius 1 is 1.53 bits per heavy atom. The zero-order valence-corrected chi connectivity index (χ0v) is 9.54. The Morgan fingerprint density at radius 3 is 3.00 bits per heavy atom. The molecule has 5 heteroatoms. The van der Waals surface area contributed by atoms with E-state index in [1.165, 1.54) is 0 Å². The number of nitrogens with two attached hydrogens (primary N) is 1. The molecule has 1 heterocycles. The zero-order valence-electron chi connectivity index (χ0n) is 8.73. The van der Waals surface area contributed by atoms with Crippen molar-refractivity contribution in [2.45, 2.75) is 6.92 Å². The maximum Gasteiger partial charge on any atom is 0.208 e. The molecule has 2 aromatic rings. The van der Waals surface area contributed by atoms with Gasteiger partial charge in [-0.3, -0.25) is 0 Å². The van der Waals surface area contributed by atoms with Crippen molar-refractivity contribution in [3.8, 4) is 5.75 Å². The summed E-state index contributed by atoms with van der Waals surface area (Å²) >= 11 is 1.56. The third kappa shape index (κ3) is 1.70. The van der Waals surface area contributed by atoms with Crippen molar-refractivity contribution in [3.63, 3.8) is 0 Å². The van der Waals surface area contributed by atoms with Gasteiger partial charge in [-0.1, -0.05) is 11.3 Å². The van der Waals surface area contributed by atoms with E-state index < -0.39 is 0 Å². The van der Waals surface area contributed by atoms with Crippen LogP contribution in [0.25, 0.3) is 10.2 Å². The molecule has 80 valence electrons. The highest BCUT2D eigenvalue weighted by Crippen LogP contribution is 2.22. The monoisotopic (exact) mass is 223 g/mol. The molecule has 2 N–H and O–H groups in total. The molecular formula is C10H13N3OS. The van der Waals surface area contributed by atoms with Crippen LogP contribution in [-0.2, 0) is 7.05 Å². The van der Waals surface area contributed by atoms with Gasteiger partial charge in [0.1, 0.15) is 5.75 Å². The van der Waals surface area contributed by atoms with Crippen molar-refractivity contribution >= 4 is 21.6 Å². The first-order chi connectivity index (χ1) is 7.26. The average Bonchev–Trinajstić information content (AvgIpc) is 2.56. The van der Waals surface area contributed by atoms with E-state index in [2.05, 4.69) is 5.10 Å². The third-order valence-corrected chi connectivity index (χ3v) is 3.31. The van der Waals surface area contributed by atoms with Crippen LogP contribution in [0.15, 0.2) is 23.3 Å². The van der Waals surface area contributed by atoms with Crippen molar-refractivity contribution in [2.75, 3.05) is 6.61 Å². The molecule has 1 aromatic heterocycles. The fourth-order valence-electron chi connectivity index (χ4n) is 1.49. The summed E-state index contributed by atoms with van der Waals surface area (Å²) in [6.07, 6.45) is 0. The van der Waals surface area contributed by atoms with Crippen molar-refractivity contribution in [1.29, 1.82) is 0 Å². The van der Waals surface area contributed by atoms with Crippen LogP contribution < -0.4 is 15.4 Å². The zero-order chi connectivity index (χ0) is 10.8. The van der Waals surface area contributed by atoms with Gasteiger partial charge in [0.25, 0.3) is 0 Å². The van der Waals surface area contributed by atoms with Gasteiger partial charge in [0.15, 0.2) is 0 Å². The Balaban J connectivity index is 2.63. The van der Waals surface area contributed by atoms with Gasteiger partial charge in [0.2, 0.25) is 4.80 Å². The minimum absolute atomic E-state index is 0.678. The molecule has 0 saturated carbocycles. The molecule has 0 unspecified atom stereocenters. The first-order valence-electron chi connectivity index (χ1n) is 4.72. The molecule has 0 saturated heterocycles. The van der Waals surface area contributed by atoms with E-state index in [0.29, 0.717) is 6.61 Å². The van der Waals surface area contributed by atoms with Gasteiger partial charge in [-0.2, -0.15) is 5.10 Å². The van der Waals surface area contributed by atoms with Crippen molar-refractivity contribution in [2.24, 2.45) is 18.0 Å². The van der Waals surface area contributed by atoms with E-state index in [9.17, 15) is 0 Å². The van der Waals surface area contributed by atoms with E-state index in [-0.39, 0.29) is 0 Å². The molecular weight excluding hydrogens is 210 g/mol. The lowest BCUT2D eigenvalue weighted by Crippen LogP contribution is -2.12. The minimum Gasteiger partial charge on any atom is -0.494 e. The van der Waals surface area contributed by atoms with E-state index in [1.54, 1.807) is 11.3 Å². The van der Waals surface area contributed by atoms with Gasteiger partial charge in [0, 0.05) is 7.05 Å². The average molecular weight is 223 g/mol. The van der Waals surface area contributed by atoms with E-state index >= 15 is 0 Å². The van der Waals surface area contributed by atoms with Gasteiger partial charge in [-0.05, 0) is 25.1 Å². The summed E-state index contributed by atoms with van der Waals surface area (Å²) in [6, 6.07) is 5.99. The van der Waals surface area contributed by atoms with Crippen LogP contribution in [0.4, 0.5) is 0 Å². The molecule has 1 aromatic carbocycles. The topological polar surface area (TPSA) is 52.5 Å². The lowest BCUT2D eigenvalue weighted by atomic mass is 10.3. The Bertz CT molecular complexity index is 541. The van der Waals surface area contributed by atoms with E-state index in [4.69, 9.17) is 10.6 Å². The molecule has 0 aliphatic heterocycles. The maximum absolute atomic E-state index is 5.43. The van der Waals surface area contributed by atoms with Crippen molar-refractivity contribution < 1.29 is 4.74 Å². The maximum atomic E-state index is 5.43. The lowest BCUT2D eigenvalue weighted by molar-refractivity contribution is 0.341. The van der Waals surface area contributed by atoms with Gasteiger partial charge in [-0.25, -0.2) is 0 Å². The highest BCUT2D eigenvalue weighted by atomic mass is 32.1. The molecule has 0 fully saturated rings. The normalized spacial score (nSPS) is 12.3. The Labute approximate surface area is 91.6 Å². The lowest BCUT2D eigenvalue weighted by Gasteiger charge is -2.02. The minimum atomic E-state index is 0.678. The summed E-state index contributed by atoms with van der Waals surface area (Å²) in [5.74, 6) is 6.18. The SMILES string of the molecule is CCOc1ccc2c(c1)s/c(=N/N)n2C. The molecule has 15 heavy (non-hydrogen) atoms. The second kappa shape index (κ2) is 3.94. The Kier molecular flexibility index (Phi) is 2.64. The van der Waals surface area contributed by atoms with E-state index in [1.807, 2.05) is 36.7 Å². The number of hydrogen-bond acceptors (Lipinski definition) is 4. The van der Waals surface area contributed by atoms with Crippen LogP contribution >= 0.6 is 11.3 Å². The number of hydrogen-bond donors (Lipinski definition) is 1. The fraction of sp³-hybridized carbons (Fsp3) is 0.300. The molecule has 2 rings (SSSR count). The number of thiazole rings is 1. The number of benzene rings is 1. The predicted molar refractivity (Wildman–Crippen MR) is 61.7 cm³/mol. The summed E-state index contributed by atoms with van der Waals surface area (Å²) in [4.78, 5) is 0.804. The molecule has 4 nitrogen and oxygen atoms in total. The Morgan fingerprint density at radius 2 is 2.33 bits per heavy atom. The quantitative estimate of drug-likeness (QED) is 0.618. The van der Waals surface area contributed by atoms with Crippen LogP contribution in [0.5, 0.6) is 5.75 Å². The largest absolute Gasteiger partial charge is 0.494 e. The highest BCUT2D eigenvalue weighted by Gasteiger charge is 2.03. The van der Waals surface area contributed by atoms with Gasteiger partial charge < -0.3 is 15.1 Å². The van der Waals surface area contributed by atoms with Crippen LogP contribution in [0.2, 0.25) is 0 Å². The first-order valence-corrected chi connectivity index (χ1v) is 5.54. The molecule has 0 radical (unpaired) electrons. The van der Waals surface area contributed by atoms with Gasteiger partial charge in [0.05, 0.1) is 16.8 Å². The molecule has 0 aliphatic carbocycles. The predicted octanol–water partition coefficient (Wildman–Crippen LogP) is 1.41. The summed E-state index contributed by atoms with van der Waals surface area (Å²) in [7, 11) is 1.95. The molecule has 0 amide bonds. The number of nitrogens with zero attached hydrogens (tertiary/aromatic N) is 2. The first kappa shape index (κ1) is 10.0. The van der Waals surface area contributed by atoms with Crippen molar-refractivity contribution in [3.05, 3.63) is 23.0 Å². The molecule has 0 aliphatic rings. The summed E-state index contributed by atoms with van der Waals surface area (Å²) < 4.78 is 8.53. The van der Waals surface area contributed by atoms with Crippen molar-refractivity contribution in [1.82, 2.24) is 4.57 Å². The van der Waals surface area contributed by atoms with Crippen LogP contribution in [0.1, 0.15) is 6.92 Å². The van der Waals surface area contributed by atoms with Crippen LogP contribution in [0.3, 0.4) is 0 Å². The number of fused-ring (bicyclic) bond motifs is 1. The third-order valence-electron chi connectivity index (χ3n) is 2.20. The van der Waals surface area contributed by atoms with Gasteiger partial charge >= 0.3 is 0 Å². The molecule has 0 atom stereocenters. The number of aromatic nitrogens is 1. The second-order valence-electron chi connectivity index (χ2n) is 3.14. The van der Waals surface area contributed by atoms with Crippen LogP contribution in [-0.4, -0.2) is 11.2 Å². The second-order valence-corrected chi connectivity index (χ2v) is 4.14. The number of ether oxygens (including phenoxy) is 1. The summed E-state index contributed by atoms with van der Waals surface area (Å²) in [5.41, 5.74) is 1.12. The summed E-state index contributed by atoms with van der Waals surface area (Å²) in [5, 5.41) is 3.72. The fourth-order valence-corrected chi connectivity index (χ4v) is 2.46. The van der Waals surface area contributed by atoms with E-state index in [0.717, 1.165) is 20.8 Å². The number of aryl methyl sites for hydroxylation is 1.